The molecule has 1 aromatic carbocycles. The first-order valence-electron chi connectivity index (χ1n) is 8.60. The fourth-order valence-electron chi connectivity index (χ4n) is 3.23. The molecule has 3 heterocycles. The van der Waals surface area contributed by atoms with Crippen LogP contribution in [0.25, 0.3) is 10.8 Å². The second kappa shape index (κ2) is 7.41. The van der Waals surface area contributed by atoms with Crippen LogP contribution < -0.4 is 4.74 Å². The number of nitrogens with zero attached hydrogens (tertiary/aromatic N) is 3. The molecule has 1 saturated heterocycles. The summed E-state index contributed by atoms with van der Waals surface area (Å²) in [5, 5.41) is 10.2. The minimum atomic E-state index is -3.66. The van der Waals surface area contributed by atoms with Crippen molar-refractivity contribution in [3.63, 3.8) is 0 Å². The number of sulfonamides is 1. The normalized spacial score (nSPS) is 18.5. The molecule has 3 aromatic rings. The Hall–Kier alpha value is -2.23. The van der Waals surface area contributed by atoms with Crippen LogP contribution >= 0.6 is 11.3 Å². The van der Waals surface area contributed by atoms with E-state index in [-0.39, 0.29) is 10.8 Å². The average molecular weight is 406 g/mol. The Morgan fingerprint density at radius 2 is 2.07 bits per heavy atom. The number of ether oxygens (including phenoxy) is 1. The first-order chi connectivity index (χ1) is 13.1. The van der Waals surface area contributed by atoms with Crippen molar-refractivity contribution in [3.05, 3.63) is 47.7 Å². The van der Waals surface area contributed by atoms with Crippen LogP contribution in [0.2, 0.25) is 0 Å². The van der Waals surface area contributed by atoms with E-state index in [1.807, 2.05) is 17.5 Å². The Kier molecular flexibility index (Phi) is 4.98. The van der Waals surface area contributed by atoms with E-state index in [1.165, 1.54) is 22.8 Å². The molecule has 1 atom stereocenters. The average Bonchev–Trinajstić information content (AvgIpc) is 3.39. The molecule has 4 rings (SSSR count). The molecule has 2 aromatic heterocycles. The van der Waals surface area contributed by atoms with Gasteiger partial charge in [0.05, 0.1) is 17.9 Å². The van der Waals surface area contributed by atoms with Crippen LogP contribution in [0.5, 0.6) is 5.75 Å². The van der Waals surface area contributed by atoms with Gasteiger partial charge < -0.3 is 9.15 Å². The predicted molar refractivity (Wildman–Crippen MR) is 101 cm³/mol. The largest absolute Gasteiger partial charge is 0.495 e. The lowest BCUT2D eigenvalue weighted by Gasteiger charge is -2.30. The fraction of sp³-hybridized carbons (Fsp3) is 0.333. The van der Waals surface area contributed by atoms with E-state index < -0.39 is 10.0 Å². The van der Waals surface area contributed by atoms with Gasteiger partial charge in [0.1, 0.15) is 10.6 Å². The quantitative estimate of drug-likeness (QED) is 0.647. The smallest absolute Gasteiger partial charge is 0.257 e. The van der Waals surface area contributed by atoms with Crippen molar-refractivity contribution in [2.45, 2.75) is 23.7 Å². The van der Waals surface area contributed by atoms with Gasteiger partial charge >= 0.3 is 0 Å². The molecule has 1 fully saturated rings. The Morgan fingerprint density at radius 1 is 1.22 bits per heavy atom. The van der Waals surface area contributed by atoms with Crippen molar-refractivity contribution in [2.75, 3.05) is 20.2 Å². The Bertz CT molecular complexity index is 1010. The third-order valence-electron chi connectivity index (χ3n) is 4.59. The number of hydrogen-bond donors (Lipinski definition) is 0. The maximum Gasteiger partial charge on any atom is 0.257 e. The molecule has 0 aliphatic carbocycles. The molecule has 7 nitrogen and oxygen atoms in total. The van der Waals surface area contributed by atoms with Crippen molar-refractivity contribution in [2.24, 2.45) is 0 Å². The standard InChI is InChI=1S/C18H19N3O4S2/c1-24-14-7-2-3-9-16(14)27(22,23)21-10-4-6-13(12-21)17-19-20-18(25-17)15-8-5-11-26-15/h2-3,5,7-9,11,13H,4,6,10,12H2,1H3. The number of hydrogen-bond acceptors (Lipinski definition) is 7. The molecule has 1 aliphatic heterocycles. The highest BCUT2D eigenvalue weighted by Gasteiger charge is 2.34. The van der Waals surface area contributed by atoms with Crippen molar-refractivity contribution in [1.29, 1.82) is 0 Å². The number of benzene rings is 1. The van der Waals surface area contributed by atoms with Crippen molar-refractivity contribution >= 4 is 21.4 Å². The third kappa shape index (κ3) is 3.50. The summed E-state index contributed by atoms with van der Waals surface area (Å²) in [5.41, 5.74) is 0. The molecule has 27 heavy (non-hydrogen) atoms. The molecule has 1 aliphatic rings. The van der Waals surface area contributed by atoms with Gasteiger partial charge in [0.15, 0.2) is 0 Å². The predicted octanol–water partition coefficient (Wildman–Crippen LogP) is 3.38. The Labute approximate surface area is 161 Å². The number of methoxy groups -OCH3 is 1. The SMILES string of the molecule is COc1ccccc1S(=O)(=O)N1CCCC(c2nnc(-c3cccs3)o2)C1. The van der Waals surface area contributed by atoms with Crippen LogP contribution in [0.3, 0.4) is 0 Å². The van der Waals surface area contributed by atoms with E-state index in [4.69, 9.17) is 9.15 Å². The summed E-state index contributed by atoms with van der Waals surface area (Å²) in [5.74, 6) is 1.19. The van der Waals surface area contributed by atoms with Crippen molar-refractivity contribution in [3.8, 4) is 16.5 Å². The number of aromatic nitrogens is 2. The van der Waals surface area contributed by atoms with E-state index in [9.17, 15) is 8.42 Å². The molecule has 0 saturated carbocycles. The highest BCUT2D eigenvalue weighted by Crippen LogP contribution is 2.34. The van der Waals surface area contributed by atoms with Crippen LogP contribution in [0.1, 0.15) is 24.7 Å². The van der Waals surface area contributed by atoms with Gasteiger partial charge in [0.25, 0.3) is 5.89 Å². The lowest BCUT2D eigenvalue weighted by molar-refractivity contribution is 0.285. The number of para-hydroxylation sites is 1. The van der Waals surface area contributed by atoms with Crippen LogP contribution in [0.4, 0.5) is 0 Å². The molecule has 0 N–H and O–H groups in total. The maximum absolute atomic E-state index is 13.1. The van der Waals surface area contributed by atoms with Gasteiger partial charge in [0, 0.05) is 13.1 Å². The summed E-state index contributed by atoms with van der Waals surface area (Å²) < 4.78 is 38.8. The highest BCUT2D eigenvalue weighted by molar-refractivity contribution is 7.89. The number of thiophene rings is 1. The van der Waals surface area contributed by atoms with Crippen LogP contribution in [-0.2, 0) is 10.0 Å². The van der Waals surface area contributed by atoms with Gasteiger partial charge in [-0.05, 0) is 36.4 Å². The lowest BCUT2D eigenvalue weighted by Crippen LogP contribution is -2.39. The van der Waals surface area contributed by atoms with Gasteiger partial charge in [-0.25, -0.2) is 8.42 Å². The first-order valence-corrected chi connectivity index (χ1v) is 10.9. The molecule has 9 heteroatoms. The topological polar surface area (TPSA) is 85.5 Å². The molecule has 0 spiro atoms. The summed E-state index contributed by atoms with van der Waals surface area (Å²) >= 11 is 1.53. The molecule has 0 radical (unpaired) electrons. The van der Waals surface area contributed by atoms with Crippen LogP contribution in [0, 0.1) is 0 Å². The summed E-state index contributed by atoms with van der Waals surface area (Å²) in [7, 11) is -2.19. The Balaban J connectivity index is 1.58. The lowest BCUT2D eigenvalue weighted by atomic mass is 10.00. The van der Waals surface area contributed by atoms with Crippen molar-refractivity contribution in [1.82, 2.24) is 14.5 Å². The first kappa shape index (κ1) is 18.1. The Morgan fingerprint density at radius 3 is 2.85 bits per heavy atom. The van der Waals surface area contributed by atoms with E-state index in [2.05, 4.69) is 10.2 Å². The van der Waals surface area contributed by atoms with E-state index in [0.717, 1.165) is 17.7 Å². The molecular formula is C18H19N3O4S2. The molecular weight excluding hydrogens is 386 g/mol. The van der Waals surface area contributed by atoms with Crippen LogP contribution in [0.15, 0.2) is 51.1 Å². The summed E-state index contributed by atoms with van der Waals surface area (Å²) in [6.07, 6.45) is 1.54. The molecule has 142 valence electrons. The monoisotopic (exact) mass is 405 g/mol. The minimum Gasteiger partial charge on any atom is -0.495 e. The maximum atomic E-state index is 13.1. The van der Waals surface area contributed by atoms with Crippen LogP contribution in [-0.4, -0.2) is 43.1 Å². The second-order valence-electron chi connectivity index (χ2n) is 6.28. The zero-order valence-corrected chi connectivity index (χ0v) is 16.4. The summed E-state index contributed by atoms with van der Waals surface area (Å²) in [6.45, 7) is 0.773. The van der Waals surface area contributed by atoms with Gasteiger partial charge in [-0.2, -0.15) is 4.31 Å². The van der Waals surface area contributed by atoms with Crippen molar-refractivity contribution < 1.29 is 17.6 Å². The van der Waals surface area contributed by atoms with Gasteiger partial charge in [-0.1, -0.05) is 18.2 Å². The zero-order valence-electron chi connectivity index (χ0n) is 14.7. The summed E-state index contributed by atoms with van der Waals surface area (Å²) in [6, 6.07) is 10.5. The number of piperidine rings is 1. The number of rotatable bonds is 5. The molecule has 0 bridgehead atoms. The van der Waals surface area contributed by atoms with Gasteiger partial charge in [-0.3, -0.25) is 0 Å². The third-order valence-corrected chi connectivity index (χ3v) is 7.36. The van der Waals surface area contributed by atoms with E-state index in [0.29, 0.717) is 30.6 Å². The van der Waals surface area contributed by atoms with Gasteiger partial charge in [-0.15, -0.1) is 21.5 Å². The van der Waals surface area contributed by atoms with Gasteiger partial charge in [0.2, 0.25) is 15.9 Å². The fourth-order valence-corrected chi connectivity index (χ4v) is 5.56. The molecule has 1 unspecified atom stereocenters. The second-order valence-corrected chi connectivity index (χ2v) is 9.13. The van der Waals surface area contributed by atoms with E-state index >= 15 is 0 Å². The minimum absolute atomic E-state index is 0.121. The highest BCUT2D eigenvalue weighted by atomic mass is 32.2. The van der Waals surface area contributed by atoms with E-state index in [1.54, 1.807) is 24.3 Å². The zero-order chi connectivity index (χ0) is 18.9. The summed E-state index contributed by atoms with van der Waals surface area (Å²) in [4.78, 5) is 1.08. The molecule has 0 amide bonds.